The molecule has 0 radical (unpaired) electrons. The molecule has 20 heavy (non-hydrogen) atoms. The smallest absolute Gasteiger partial charge is 0.218 e. The maximum absolute atomic E-state index is 13.2. The first-order valence-corrected chi connectivity index (χ1v) is 7.23. The van der Waals surface area contributed by atoms with E-state index < -0.39 is 0 Å². The second-order valence-electron chi connectivity index (χ2n) is 5.59. The molecule has 1 fully saturated rings. The summed E-state index contributed by atoms with van der Waals surface area (Å²) < 4.78 is 24.3. The summed E-state index contributed by atoms with van der Waals surface area (Å²) in [5.74, 6) is 0.672. The zero-order valence-corrected chi connectivity index (χ0v) is 12.2. The Morgan fingerprint density at radius 3 is 2.90 bits per heavy atom. The van der Waals surface area contributed by atoms with Crippen LogP contribution in [0.5, 0.6) is 5.88 Å². The van der Waals surface area contributed by atoms with Crippen LogP contribution in [-0.4, -0.2) is 30.8 Å². The highest BCUT2D eigenvalue weighted by Gasteiger charge is 2.21. The molecule has 5 heteroatoms. The van der Waals surface area contributed by atoms with Crippen molar-refractivity contribution < 1.29 is 13.9 Å². The molecule has 4 nitrogen and oxygen atoms in total. The number of hydrogen-bond acceptors (Lipinski definition) is 4. The van der Waals surface area contributed by atoms with Crippen LogP contribution in [0.25, 0.3) is 0 Å². The lowest BCUT2D eigenvalue weighted by atomic mass is 10.2. The van der Waals surface area contributed by atoms with E-state index in [4.69, 9.17) is 9.47 Å². The van der Waals surface area contributed by atoms with Crippen molar-refractivity contribution in [2.45, 2.75) is 39.3 Å². The molecule has 1 aliphatic rings. The normalized spacial score (nSPS) is 14.8. The van der Waals surface area contributed by atoms with Gasteiger partial charge >= 0.3 is 0 Å². The summed E-state index contributed by atoms with van der Waals surface area (Å²) in [4.78, 5) is 4.02. The van der Waals surface area contributed by atoms with Gasteiger partial charge in [-0.15, -0.1) is 0 Å². The predicted molar refractivity (Wildman–Crippen MR) is 75.2 cm³/mol. The van der Waals surface area contributed by atoms with Crippen molar-refractivity contribution in [3.05, 3.63) is 23.6 Å². The number of halogens is 1. The molecule has 112 valence electrons. The Labute approximate surface area is 119 Å². The summed E-state index contributed by atoms with van der Waals surface area (Å²) in [6, 6.07) is 2.05. The van der Waals surface area contributed by atoms with Crippen molar-refractivity contribution in [2.75, 3.05) is 19.8 Å². The van der Waals surface area contributed by atoms with E-state index in [0.717, 1.165) is 12.2 Å². The zero-order chi connectivity index (χ0) is 14.4. The second kappa shape index (κ2) is 7.55. The lowest BCUT2D eigenvalue weighted by molar-refractivity contribution is 0.0802. The fraction of sp³-hybridized carbons (Fsp3) is 0.667. The number of hydrogen-bond donors (Lipinski definition) is 1. The summed E-state index contributed by atoms with van der Waals surface area (Å²) in [6.07, 6.45) is 3.58. The van der Waals surface area contributed by atoms with Crippen LogP contribution >= 0.6 is 0 Å². The molecule has 0 unspecified atom stereocenters. The van der Waals surface area contributed by atoms with Crippen molar-refractivity contribution in [1.29, 1.82) is 0 Å². The van der Waals surface area contributed by atoms with Gasteiger partial charge in [-0.1, -0.05) is 13.8 Å². The Bertz CT molecular complexity index is 422. The van der Waals surface area contributed by atoms with Crippen LogP contribution in [0.15, 0.2) is 12.3 Å². The Kier molecular flexibility index (Phi) is 5.73. The van der Waals surface area contributed by atoms with E-state index in [1.807, 2.05) is 0 Å². The standard InChI is InChI=1S/C15H23FN2O2/c1-11(2)10-19-5-6-20-15-12(7-13(16)9-18-15)8-17-14-3-4-14/h7,9,11,14,17H,3-6,8,10H2,1-2H3. The summed E-state index contributed by atoms with van der Waals surface area (Å²) in [5.41, 5.74) is 0.765. The Hall–Kier alpha value is -1.20. The highest BCUT2D eigenvalue weighted by molar-refractivity contribution is 5.26. The summed E-state index contributed by atoms with van der Waals surface area (Å²) in [6.45, 7) is 6.47. The second-order valence-corrected chi connectivity index (χ2v) is 5.59. The number of nitrogens with zero attached hydrogens (tertiary/aromatic N) is 1. The van der Waals surface area contributed by atoms with Crippen molar-refractivity contribution in [3.8, 4) is 5.88 Å². The molecule has 1 saturated carbocycles. The first kappa shape index (κ1) is 15.2. The van der Waals surface area contributed by atoms with Gasteiger partial charge in [0.05, 0.1) is 12.8 Å². The van der Waals surface area contributed by atoms with Gasteiger partial charge in [0.1, 0.15) is 12.4 Å². The zero-order valence-electron chi connectivity index (χ0n) is 12.2. The third kappa shape index (κ3) is 5.43. The predicted octanol–water partition coefficient (Wildman–Crippen LogP) is 2.52. The lowest BCUT2D eigenvalue weighted by Gasteiger charge is -2.12. The lowest BCUT2D eigenvalue weighted by Crippen LogP contribution is -2.17. The maximum Gasteiger partial charge on any atom is 0.218 e. The van der Waals surface area contributed by atoms with Crippen LogP contribution in [0.1, 0.15) is 32.3 Å². The average Bonchev–Trinajstić information content (AvgIpc) is 3.21. The van der Waals surface area contributed by atoms with E-state index >= 15 is 0 Å². The number of pyridine rings is 1. The minimum atomic E-state index is -0.332. The number of nitrogens with one attached hydrogen (secondary N) is 1. The molecule has 0 atom stereocenters. The topological polar surface area (TPSA) is 43.4 Å². The minimum absolute atomic E-state index is 0.332. The van der Waals surface area contributed by atoms with Gasteiger partial charge < -0.3 is 14.8 Å². The molecule has 0 spiro atoms. The van der Waals surface area contributed by atoms with Gasteiger partial charge in [0, 0.05) is 24.8 Å². The molecule has 2 rings (SSSR count). The fourth-order valence-electron chi connectivity index (χ4n) is 1.78. The van der Waals surface area contributed by atoms with Gasteiger partial charge in [-0.2, -0.15) is 0 Å². The van der Waals surface area contributed by atoms with Gasteiger partial charge in [0.15, 0.2) is 0 Å². The SMILES string of the molecule is CC(C)COCCOc1ncc(F)cc1CNC1CC1. The molecule has 1 heterocycles. The quantitative estimate of drug-likeness (QED) is 0.707. The van der Waals surface area contributed by atoms with Crippen LogP contribution in [0.4, 0.5) is 4.39 Å². The molecule has 1 aromatic heterocycles. The Morgan fingerprint density at radius 2 is 2.20 bits per heavy atom. The highest BCUT2D eigenvalue weighted by Crippen LogP contribution is 2.21. The Balaban J connectivity index is 1.79. The van der Waals surface area contributed by atoms with Gasteiger partial charge in [0.2, 0.25) is 5.88 Å². The monoisotopic (exact) mass is 282 g/mol. The van der Waals surface area contributed by atoms with Crippen molar-refractivity contribution in [2.24, 2.45) is 5.92 Å². The molecule has 1 aromatic rings. The van der Waals surface area contributed by atoms with E-state index in [2.05, 4.69) is 24.1 Å². The van der Waals surface area contributed by atoms with Gasteiger partial charge in [-0.05, 0) is 24.8 Å². The molecule has 0 saturated heterocycles. The third-order valence-electron chi connectivity index (χ3n) is 2.97. The first-order chi connectivity index (χ1) is 9.65. The van der Waals surface area contributed by atoms with E-state index in [0.29, 0.717) is 37.6 Å². The van der Waals surface area contributed by atoms with E-state index in [1.165, 1.54) is 25.1 Å². The van der Waals surface area contributed by atoms with Gasteiger partial charge in [-0.25, -0.2) is 9.37 Å². The number of ether oxygens (including phenoxy) is 2. The summed E-state index contributed by atoms with van der Waals surface area (Å²) in [5, 5.41) is 3.34. The van der Waals surface area contributed by atoms with Crippen LogP contribution in [0, 0.1) is 11.7 Å². The first-order valence-electron chi connectivity index (χ1n) is 7.23. The molecular weight excluding hydrogens is 259 g/mol. The fourth-order valence-corrected chi connectivity index (χ4v) is 1.78. The van der Waals surface area contributed by atoms with Gasteiger partial charge in [0.25, 0.3) is 0 Å². The molecule has 1 N–H and O–H groups in total. The third-order valence-corrected chi connectivity index (χ3v) is 2.97. The molecular formula is C15H23FN2O2. The van der Waals surface area contributed by atoms with Crippen molar-refractivity contribution in [3.63, 3.8) is 0 Å². The van der Waals surface area contributed by atoms with Crippen LogP contribution in [0.2, 0.25) is 0 Å². The Morgan fingerprint density at radius 1 is 1.40 bits per heavy atom. The van der Waals surface area contributed by atoms with E-state index in [9.17, 15) is 4.39 Å². The van der Waals surface area contributed by atoms with Crippen LogP contribution < -0.4 is 10.1 Å². The van der Waals surface area contributed by atoms with E-state index in [1.54, 1.807) is 0 Å². The molecule has 1 aliphatic carbocycles. The van der Waals surface area contributed by atoms with Crippen molar-refractivity contribution in [1.82, 2.24) is 10.3 Å². The summed E-state index contributed by atoms with van der Waals surface area (Å²) in [7, 11) is 0. The minimum Gasteiger partial charge on any atom is -0.475 e. The molecule has 0 aliphatic heterocycles. The van der Waals surface area contributed by atoms with Crippen LogP contribution in [0.3, 0.4) is 0 Å². The molecule has 0 aromatic carbocycles. The molecule has 0 bridgehead atoms. The summed E-state index contributed by atoms with van der Waals surface area (Å²) >= 11 is 0. The largest absolute Gasteiger partial charge is 0.475 e. The highest BCUT2D eigenvalue weighted by atomic mass is 19.1. The van der Waals surface area contributed by atoms with Gasteiger partial charge in [-0.3, -0.25) is 0 Å². The van der Waals surface area contributed by atoms with Crippen molar-refractivity contribution >= 4 is 0 Å². The average molecular weight is 282 g/mol. The maximum atomic E-state index is 13.2. The van der Waals surface area contributed by atoms with E-state index in [-0.39, 0.29) is 5.82 Å². The molecule has 0 amide bonds. The van der Waals surface area contributed by atoms with Crippen LogP contribution in [-0.2, 0) is 11.3 Å². The number of aromatic nitrogens is 1. The number of rotatable bonds is 9.